The van der Waals surface area contributed by atoms with Gasteiger partial charge in [0.25, 0.3) is 0 Å². The highest BCUT2D eigenvalue weighted by molar-refractivity contribution is 6.04. The molecule has 0 amide bonds. The lowest BCUT2D eigenvalue weighted by Gasteiger charge is -2.18. The zero-order valence-corrected chi connectivity index (χ0v) is 9.94. The van der Waals surface area contributed by atoms with Crippen LogP contribution in [-0.4, -0.2) is 24.3 Å². The maximum Gasteiger partial charge on any atom is 0.231 e. The quantitative estimate of drug-likeness (QED) is 0.866. The molecular weight excluding hydrogens is 232 g/mol. The van der Waals surface area contributed by atoms with Gasteiger partial charge in [0, 0.05) is 12.0 Å². The number of rotatable bonds is 2. The van der Waals surface area contributed by atoms with E-state index in [4.69, 9.17) is 9.47 Å². The molecule has 4 heteroatoms. The van der Waals surface area contributed by atoms with Crippen LogP contribution in [0, 0.1) is 0 Å². The summed E-state index contributed by atoms with van der Waals surface area (Å²) < 4.78 is 10.6. The molecule has 0 bridgehead atoms. The van der Waals surface area contributed by atoms with E-state index in [2.05, 4.69) is 0 Å². The van der Waals surface area contributed by atoms with Gasteiger partial charge in [-0.15, -0.1) is 0 Å². The van der Waals surface area contributed by atoms with Crippen LogP contribution in [0.25, 0.3) is 5.57 Å². The smallest absolute Gasteiger partial charge is 0.231 e. The number of ether oxygens (including phenoxy) is 2. The molecule has 0 saturated carbocycles. The summed E-state index contributed by atoms with van der Waals surface area (Å²) in [6, 6.07) is 5.64. The Hall–Kier alpha value is -1.81. The second-order valence-electron chi connectivity index (χ2n) is 4.46. The summed E-state index contributed by atoms with van der Waals surface area (Å²) in [5, 5.41) is 9.35. The summed E-state index contributed by atoms with van der Waals surface area (Å²) in [5.74, 6) is 1.48. The highest BCUT2D eigenvalue weighted by Crippen LogP contribution is 2.37. The third-order valence-electron chi connectivity index (χ3n) is 3.41. The molecule has 18 heavy (non-hydrogen) atoms. The lowest BCUT2D eigenvalue weighted by molar-refractivity contribution is -0.116. The Morgan fingerprint density at radius 2 is 2.00 bits per heavy atom. The molecule has 1 heterocycles. The fraction of sp³-hybridized carbons (Fsp3) is 0.357. The van der Waals surface area contributed by atoms with Gasteiger partial charge >= 0.3 is 0 Å². The van der Waals surface area contributed by atoms with Gasteiger partial charge in [0.1, 0.15) is 0 Å². The molecule has 1 aromatic carbocycles. The second-order valence-corrected chi connectivity index (χ2v) is 4.46. The van der Waals surface area contributed by atoms with E-state index in [9.17, 15) is 9.90 Å². The van der Waals surface area contributed by atoms with Crippen LogP contribution in [0.2, 0.25) is 0 Å². The van der Waals surface area contributed by atoms with Gasteiger partial charge in [-0.1, -0.05) is 6.07 Å². The Morgan fingerprint density at radius 3 is 2.83 bits per heavy atom. The number of allylic oxidation sites excluding steroid dienone is 1. The first-order chi connectivity index (χ1) is 8.79. The number of hydrogen-bond acceptors (Lipinski definition) is 4. The van der Waals surface area contributed by atoms with Crippen LogP contribution in [0.3, 0.4) is 0 Å². The molecule has 0 unspecified atom stereocenters. The van der Waals surface area contributed by atoms with E-state index < -0.39 is 0 Å². The predicted octanol–water partition coefficient (Wildman–Crippen LogP) is 1.91. The molecule has 4 nitrogen and oxygen atoms in total. The predicted molar refractivity (Wildman–Crippen MR) is 65.4 cm³/mol. The number of hydrogen-bond donors (Lipinski definition) is 1. The van der Waals surface area contributed by atoms with Crippen LogP contribution in [0.15, 0.2) is 23.8 Å². The maximum atomic E-state index is 11.8. The number of Topliss-reactive ketones (excluding diaryl/α,β-unsaturated/α-hetero) is 1. The first kappa shape index (κ1) is 11.3. The van der Waals surface area contributed by atoms with Gasteiger partial charge in [-0.05, 0) is 36.1 Å². The third-order valence-corrected chi connectivity index (χ3v) is 3.41. The van der Waals surface area contributed by atoms with Crippen molar-refractivity contribution >= 4 is 11.4 Å². The van der Waals surface area contributed by atoms with Crippen molar-refractivity contribution in [2.45, 2.75) is 19.3 Å². The highest BCUT2D eigenvalue weighted by Gasteiger charge is 2.22. The number of ketones is 1. The van der Waals surface area contributed by atoms with Gasteiger partial charge in [-0.25, -0.2) is 0 Å². The number of carbonyl (C=O) groups is 1. The normalized spacial score (nSPS) is 18.4. The minimum absolute atomic E-state index is 0.0522. The van der Waals surface area contributed by atoms with Crippen molar-refractivity contribution in [1.29, 1.82) is 0 Å². The van der Waals surface area contributed by atoms with Crippen LogP contribution in [-0.2, 0) is 4.79 Å². The first-order valence-electron chi connectivity index (χ1n) is 6.05. The molecular formula is C14H14O4. The van der Waals surface area contributed by atoms with Crippen LogP contribution < -0.4 is 9.47 Å². The van der Waals surface area contributed by atoms with Gasteiger partial charge in [-0.3, -0.25) is 4.79 Å². The molecule has 1 aromatic rings. The molecule has 1 aliphatic heterocycles. The summed E-state index contributed by atoms with van der Waals surface area (Å²) in [7, 11) is 0. The maximum absolute atomic E-state index is 11.8. The van der Waals surface area contributed by atoms with Crippen LogP contribution in [0.1, 0.15) is 24.8 Å². The topological polar surface area (TPSA) is 55.8 Å². The van der Waals surface area contributed by atoms with Crippen molar-refractivity contribution in [3.63, 3.8) is 0 Å². The summed E-state index contributed by atoms with van der Waals surface area (Å²) in [5.41, 5.74) is 2.42. The van der Waals surface area contributed by atoms with E-state index >= 15 is 0 Å². The Bertz CT molecular complexity index is 531. The lowest BCUT2D eigenvalue weighted by atomic mass is 9.87. The minimum Gasteiger partial charge on any atom is -0.454 e. The van der Waals surface area contributed by atoms with Crippen LogP contribution in [0.4, 0.5) is 0 Å². The molecule has 0 fully saturated rings. The molecule has 0 atom stereocenters. The van der Waals surface area contributed by atoms with Gasteiger partial charge in [-0.2, -0.15) is 0 Å². The van der Waals surface area contributed by atoms with E-state index in [-0.39, 0.29) is 19.2 Å². The Labute approximate surface area is 105 Å². The van der Waals surface area contributed by atoms with Crippen molar-refractivity contribution in [3.05, 3.63) is 29.3 Å². The van der Waals surface area contributed by atoms with E-state index in [0.29, 0.717) is 17.7 Å². The van der Waals surface area contributed by atoms with Gasteiger partial charge < -0.3 is 14.6 Å². The average Bonchev–Trinajstić information content (AvgIpc) is 2.85. The molecule has 3 rings (SSSR count). The van der Waals surface area contributed by atoms with Crippen molar-refractivity contribution in [3.8, 4) is 11.5 Å². The summed E-state index contributed by atoms with van der Waals surface area (Å²) in [6.07, 6.45) is 2.19. The average molecular weight is 246 g/mol. The Balaban J connectivity index is 2.05. The van der Waals surface area contributed by atoms with Gasteiger partial charge in [0.2, 0.25) is 6.79 Å². The molecule has 1 aliphatic carbocycles. The summed E-state index contributed by atoms with van der Waals surface area (Å²) >= 11 is 0. The van der Waals surface area contributed by atoms with Crippen molar-refractivity contribution < 1.29 is 19.4 Å². The van der Waals surface area contributed by atoms with E-state index in [1.165, 1.54) is 0 Å². The Kier molecular flexibility index (Phi) is 2.80. The van der Waals surface area contributed by atoms with Crippen molar-refractivity contribution in [2.24, 2.45) is 0 Å². The minimum atomic E-state index is -0.192. The van der Waals surface area contributed by atoms with E-state index in [1.807, 2.05) is 18.2 Å². The fourth-order valence-electron chi connectivity index (χ4n) is 2.48. The Morgan fingerprint density at radius 1 is 1.17 bits per heavy atom. The summed E-state index contributed by atoms with van der Waals surface area (Å²) in [4.78, 5) is 11.8. The first-order valence-corrected chi connectivity index (χ1v) is 6.05. The molecule has 0 radical (unpaired) electrons. The lowest BCUT2D eigenvalue weighted by Crippen LogP contribution is -2.14. The SMILES string of the molecule is O=C1CCCC(c2ccc3c(c2)OCO3)=C1CO. The largest absolute Gasteiger partial charge is 0.454 e. The van der Waals surface area contributed by atoms with Gasteiger partial charge in [0.15, 0.2) is 17.3 Å². The monoisotopic (exact) mass is 246 g/mol. The highest BCUT2D eigenvalue weighted by atomic mass is 16.7. The number of carbonyl (C=O) groups excluding carboxylic acids is 1. The van der Waals surface area contributed by atoms with Crippen LogP contribution in [0.5, 0.6) is 11.5 Å². The number of benzene rings is 1. The molecule has 1 N–H and O–H groups in total. The van der Waals surface area contributed by atoms with E-state index in [1.54, 1.807) is 0 Å². The third kappa shape index (κ3) is 1.78. The fourth-order valence-corrected chi connectivity index (χ4v) is 2.48. The van der Waals surface area contributed by atoms with Crippen molar-refractivity contribution in [2.75, 3.05) is 13.4 Å². The number of aliphatic hydroxyl groups excluding tert-OH is 1. The van der Waals surface area contributed by atoms with E-state index in [0.717, 1.165) is 29.7 Å². The standard InChI is InChI=1S/C14H14O4/c15-7-11-10(2-1-3-12(11)16)9-4-5-13-14(6-9)18-8-17-13/h4-6,15H,1-3,7-8H2. The zero-order valence-electron chi connectivity index (χ0n) is 9.94. The molecule has 94 valence electrons. The van der Waals surface area contributed by atoms with Crippen molar-refractivity contribution in [1.82, 2.24) is 0 Å². The molecule has 0 spiro atoms. The number of aliphatic hydroxyl groups is 1. The molecule has 2 aliphatic rings. The second kappa shape index (κ2) is 4.46. The van der Waals surface area contributed by atoms with Gasteiger partial charge in [0.05, 0.1) is 6.61 Å². The number of fused-ring (bicyclic) bond motifs is 1. The summed E-state index contributed by atoms with van der Waals surface area (Å²) in [6.45, 7) is 0.0478. The molecule has 0 saturated heterocycles. The zero-order chi connectivity index (χ0) is 12.5. The molecule has 0 aromatic heterocycles. The van der Waals surface area contributed by atoms with Crippen LogP contribution >= 0.6 is 0 Å².